The minimum absolute atomic E-state index is 0.180. The average molecular weight is 320 g/mol. The predicted octanol–water partition coefficient (Wildman–Crippen LogP) is 2.32. The van der Waals surface area contributed by atoms with Gasteiger partial charge in [0.05, 0.1) is 7.11 Å². The summed E-state index contributed by atoms with van der Waals surface area (Å²) in [7, 11) is 1.34. The summed E-state index contributed by atoms with van der Waals surface area (Å²) in [5.41, 5.74) is 0.340. The van der Waals surface area contributed by atoms with Crippen molar-refractivity contribution in [1.29, 1.82) is 0 Å². The molecule has 1 aromatic heterocycles. The average Bonchev–Trinajstić information content (AvgIpc) is 3.09. The topological polar surface area (TPSA) is 85.2 Å². The molecule has 126 valence electrons. The summed E-state index contributed by atoms with van der Waals surface area (Å²) in [6.45, 7) is 2.89. The fraction of sp³-hybridized carbons (Fsp3) is 0.688. The van der Waals surface area contributed by atoms with Crippen LogP contribution in [0.15, 0.2) is 0 Å². The molecule has 2 atom stereocenters. The Bertz CT molecular complexity index is 611. The number of ether oxygens (including phenoxy) is 1. The fourth-order valence-electron chi connectivity index (χ4n) is 3.56. The van der Waals surface area contributed by atoms with Crippen LogP contribution in [0.4, 0.5) is 10.6 Å². The van der Waals surface area contributed by atoms with Gasteiger partial charge in [0.1, 0.15) is 5.82 Å². The number of fused-ring (bicyclic) bond motifs is 1. The van der Waals surface area contributed by atoms with Gasteiger partial charge in [0, 0.05) is 19.0 Å². The maximum absolute atomic E-state index is 12.3. The molecule has 1 aliphatic heterocycles. The van der Waals surface area contributed by atoms with Crippen molar-refractivity contribution in [3.05, 3.63) is 11.5 Å². The first-order chi connectivity index (χ1) is 11.1. The molecule has 2 amide bonds. The zero-order chi connectivity index (χ0) is 16.4. The van der Waals surface area contributed by atoms with Gasteiger partial charge in [0.25, 0.3) is 0 Å². The number of nitrogens with zero attached hydrogens (tertiary/aromatic N) is 2. The van der Waals surface area contributed by atoms with Crippen LogP contribution in [0.5, 0.6) is 0 Å². The largest absolute Gasteiger partial charge is 0.464 e. The Morgan fingerprint density at radius 2 is 2.04 bits per heavy atom. The number of imidazole rings is 1. The standard InChI is InChI=1S/C16H24N4O3/c1-10-6-3-4-7-11(10)17-16(22)19-14-13(15(21)23-2)20-9-5-8-12(20)18-14/h10-11H,3-9H2,1-2H3,(H2,17,19,22). The van der Waals surface area contributed by atoms with Gasteiger partial charge < -0.3 is 14.6 Å². The van der Waals surface area contributed by atoms with Gasteiger partial charge in [-0.15, -0.1) is 0 Å². The number of carbonyl (C=O) groups is 2. The molecular formula is C16H24N4O3. The summed E-state index contributed by atoms with van der Waals surface area (Å²) in [6, 6.07) is -0.120. The van der Waals surface area contributed by atoms with E-state index in [0.29, 0.717) is 17.4 Å². The molecule has 3 rings (SSSR count). The molecule has 1 aromatic rings. The van der Waals surface area contributed by atoms with Gasteiger partial charge in [-0.3, -0.25) is 5.32 Å². The zero-order valence-electron chi connectivity index (χ0n) is 13.7. The highest BCUT2D eigenvalue weighted by Gasteiger charge is 2.28. The van der Waals surface area contributed by atoms with Gasteiger partial charge in [0.2, 0.25) is 0 Å². The van der Waals surface area contributed by atoms with Crippen molar-refractivity contribution in [2.75, 3.05) is 12.4 Å². The Morgan fingerprint density at radius 1 is 1.26 bits per heavy atom. The number of hydrogen-bond acceptors (Lipinski definition) is 4. The molecular weight excluding hydrogens is 296 g/mol. The molecule has 2 unspecified atom stereocenters. The molecule has 0 bridgehead atoms. The van der Waals surface area contributed by atoms with Crippen LogP contribution in [0.25, 0.3) is 0 Å². The normalized spacial score (nSPS) is 23.2. The van der Waals surface area contributed by atoms with Crippen LogP contribution >= 0.6 is 0 Å². The summed E-state index contributed by atoms with van der Waals surface area (Å²) in [6.07, 6.45) is 6.27. The number of esters is 1. The van der Waals surface area contributed by atoms with E-state index in [9.17, 15) is 9.59 Å². The Kier molecular flexibility index (Phi) is 4.54. The lowest BCUT2D eigenvalue weighted by Gasteiger charge is -2.29. The van der Waals surface area contributed by atoms with E-state index < -0.39 is 5.97 Å². The first-order valence-corrected chi connectivity index (χ1v) is 8.35. The molecule has 0 saturated heterocycles. The molecule has 1 fully saturated rings. The van der Waals surface area contributed by atoms with Crippen LogP contribution in [-0.4, -0.2) is 34.7 Å². The summed E-state index contributed by atoms with van der Waals surface area (Å²) < 4.78 is 6.68. The molecule has 1 saturated carbocycles. The van der Waals surface area contributed by atoms with E-state index >= 15 is 0 Å². The lowest BCUT2D eigenvalue weighted by atomic mass is 9.86. The summed E-state index contributed by atoms with van der Waals surface area (Å²) in [5.74, 6) is 1.13. The van der Waals surface area contributed by atoms with E-state index in [4.69, 9.17) is 4.74 Å². The van der Waals surface area contributed by atoms with E-state index in [2.05, 4.69) is 22.5 Å². The van der Waals surface area contributed by atoms with E-state index in [1.807, 2.05) is 4.57 Å². The second-order valence-corrected chi connectivity index (χ2v) is 6.44. The monoisotopic (exact) mass is 320 g/mol. The number of hydrogen-bond donors (Lipinski definition) is 2. The Labute approximate surface area is 135 Å². The van der Waals surface area contributed by atoms with Gasteiger partial charge >= 0.3 is 12.0 Å². The van der Waals surface area contributed by atoms with Crippen LogP contribution in [-0.2, 0) is 17.7 Å². The second-order valence-electron chi connectivity index (χ2n) is 6.44. The molecule has 7 heteroatoms. The SMILES string of the molecule is COC(=O)c1c(NC(=O)NC2CCCCC2C)nc2n1CCC2. The van der Waals surface area contributed by atoms with Crippen molar-refractivity contribution in [1.82, 2.24) is 14.9 Å². The molecule has 1 aliphatic carbocycles. The quantitative estimate of drug-likeness (QED) is 0.837. The van der Waals surface area contributed by atoms with Crippen molar-refractivity contribution in [2.24, 2.45) is 5.92 Å². The molecule has 0 spiro atoms. The van der Waals surface area contributed by atoms with E-state index in [-0.39, 0.29) is 12.1 Å². The lowest BCUT2D eigenvalue weighted by molar-refractivity contribution is 0.0590. The number of nitrogens with one attached hydrogen (secondary N) is 2. The zero-order valence-corrected chi connectivity index (χ0v) is 13.7. The molecule has 2 aliphatic rings. The number of aryl methyl sites for hydroxylation is 1. The minimum Gasteiger partial charge on any atom is -0.464 e. The fourth-order valence-corrected chi connectivity index (χ4v) is 3.56. The maximum Gasteiger partial charge on any atom is 0.358 e. The number of carbonyl (C=O) groups excluding carboxylic acids is 2. The first kappa shape index (κ1) is 15.8. The van der Waals surface area contributed by atoms with Gasteiger partial charge in [-0.05, 0) is 25.2 Å². The Balaban J connectivity index is 1.72. The number of amides is 2. The molecule has 2 N–H and O–H groups in total. The van der Waals surface area contributed by atoms with Crippen molar-refractivity contribution >= 4 is 17.8 Å². The maximum atomic E-state index is 12.3. The molecule has 7 nitrogen and oxygen atoms in total. The molecule has 23 heavy (non-hydrogen) atoms. The third kappa shape index (κ3) is 3.18. The number of aromatic nitrogens is 2. The molecule has 2 heterocycles. The van der Waals surface area contributed by atoms with Crippen LogP contribution in [0.2, 0.25) is 0 Å². The minimum atomic E-state index is -0.466. The van der Waals surface area contributed by atoms with Gasteiger partial charge in [0.15, 0.2) is 11.5 Å². The van der Waals surface area contributed by atoms with E-state index in [1.165, 1.54) is 13.5 Å². The van der Waals surface area contributed by atoms with Gasteiger partial charge in [-0.2, -0.15) is 0 Å². The van der Waals surface area contributed by atoms with Crippen molar-refractivity contribution in [3.63, 3.8) is 0 Å². The van der Waals surface area contributed by atoms with E-state index in [1.54, 1.807) is 0 Å². The highest BCUT2D eigenvalue weighted by atomic mass is 16.5. The third-order valence-corrected chi connectivity index (χ3v) is 4.87. The van der Waals surface area contributed by atoms with Crippen molar-refractivity contribution in [2.45, 2.75) is 58.0 Å². The van der Waals surface area contributed by atoms with Crippen molar-refractivity contribution in [3.8, 4) is 0 Å². The number of methoxy groups -OCH3 is 1. The number of anilines is 1. The second kappa shape index (κ2) is 6.60. The van der Waals surface area contributed by atoms with Gasteiger partial charge in [-0.25, -0.2) is 14.6 Å². The number of urea groups is 1. The van der Waals surface area contributed by atoms with Gasteiger partial charge in [-0.1, -0.05) is 19.8 Å². The lowest BCUT2D eigenvalue weighted by Crippen LogP contribution is -2.43. The Morgan fingerprint density at radius 3 is 2.78 bits per heavy atom. The first-order valence-electron chi connectivity index (χ1n) is 8.35. The molecule has 0 aromatic carbocycles. The Hall–Kier alpha value is -2.05. The van der Waals surface area contributed by atoms with Crippen LogP contribution in [0, 0.1) is 5.92 Å². The van der Waals surface area contributed by atoms with Crippen molar-refractivity contribution < 1.29 is 14.3 Å². The third-order valence-electron chi connectivity index (χ3n) is 4.87. The summed E-state index contributed by atoms with van der Waals surface area (Å²) >= 11 is 0. The smallest absolute Gasteiger partial charge is 0.358 e. The van der Waals surface area contributed by atoms with Crippen LogP contribution in [0.1, 0.15) is 55.3 Å². The predicted molar refractivity (Wildman–Crippen MR) is 85.5 cm³/mol. The van der Waals surface area contributed by atoms with Crippen LogP contribution < -0.4 is 10.6 Å². The molecule has 0 radical (unpaired) electrons. The highest BCUT2D eigenvalue weighted by molar-refractivity contribution is 5.98. The summed E-state index contributed by atoms with van der Waals surface area (Å²) in [5, 5.41) is 5.75. The highest BCUT2D eigenvalue weighted by Crippen LogP contribution is 2.26. The summed E-state index contributed by atoms with van der Waals surface area (Å²) in [4.78, 5) is 28.7. The van der Waals surface area contributed by atoms with Crippen LogP contribution in [0.3, 0.4) is 0 Å². The van der Waals surface area contributed by atoms with E-state index in [0.717, 1.165) is 44.5 Å². The number of rotatable bonds is 3.